The van der Waals surface area contributed by atoms with Crippen molar-refractivity contribution in [2.45, 2.75) is 62.9 Å². The first kappa shape index (κ1) is 19.7. The lowest BCUT2D eigenvalue weighted by Gasteiger charge is -2.34. The van der Waals surface area contributed by atoms with Gasteiger partial charge in [-0.2, -0.15) is 0 Å². The molecule has 1 aliphatic heterocycles. The fourth-order valence-corrected chi connectivity index (χ4v) is 4.12. The lowest BCUT2D eigenvalue weighted by atomic mass is 10.0. The Bertz CT molecular complexity index is 810. The number of hydrogen-bond donors (Lipinski definition) is 1. The number of anilines is 1. The largest absolute Gasteiger partial charge is 0.478 e. The predicted octanol–water partition coefficient (Wildman–Crippen LogP) is 4.97. The van der Waals surface area contributed by atoms with E-state index >= 15 is 0 Å². The Hall–Kier alpha value is -2.08. The van der Waals surface area contributed by atoms with E-state index in [1.165, 1.54) is 19.3 Å². The molecule has 0 spiro atoms. The molecule has 2 heterocycles. The first-order chi connectivity index (χ1) is 12.9. The molecule has 0 radical (unpaired) electrons. The number of carboxylic acids is 1. The van der Waals surface area contributed by atoms with E-state index in [-0.39, 0.29) is 0 Å². The van der Waals surface area contributed by atoms with Crippen LogP contribution in [0.5, 0.6) is 0 Å². The van der Waals surface area contributed by atoms with Crippen molar-refractivity contribution in [2.75, 3.05) is 11.4 Å². The number of aromatic nitrogens is 2. The van der Waals surface area contributed by atoms with Crippen LogP contribution in [-0.4, -0.2) is 33.6 Å². The summed E-state index contributed by atoms with van der Waals surface area (Å²) in [4.78, 5) is 23.1. The fraction of sp³-hybridized carbons (Fsp3) is 0.476. The molecule has 0 aliphatic carbocycles. The summed E-state index contributed by atoms with van der Waals surface area (Å²) in [6.07, 6.45) is 3.68. The number of thioether (sulfide) groups is 1. The quantitative estimate of drug-likeness (QED) is 0.559. The molecule has 0 bridgehead atoms. The summed E-state index contributed by atoms with van der Waals surface area (Å²) in [5.74, 6) is 1.10. The van der Waals surface area contributed by atoms with Crippen LogP contribution in [0.15, 0.2) is 35.5 Å². The first-order valence-corrected chi connectivity index (χ1v) is 10.5. The topological polar surface area (TPSA) is 66.3 Å². The van der Waals surface area contributed by atoms with Crippen molar-refractivity contribution in [3.05, 3.63) is 47.2 Å². The average molecular weight is 386 g/mol. The minimum Gasteiger partial charge on any atom is -0.478 e. The smallest absolute Gasteiger partial charge is 0.335 e. The molecule has 144 valence electrons. The minimum atomic E-state index is -0.902. The van der Waals surface area contributed by atoms with Crippen molar-refractivity contribution in [2.24, 2.45) is 0 Å². The summed E-state index contributed by atoms with van der Waals surface area (Å²) >= 11 is 1.56. The van der Waals surface area contributed by atoms with Crippen molar-refractivity contribution < 1.29 is 9.90 Å². The maximum atomic E-state index is 11.2. The van der Waals surface area contributed by atoms with Crippen molar-refractivity contribution in [1.29, 1.82) is 0 Å². The third-order valence-electron chi connectivity index (χ3n) is 4.94. The molecule has 1 N–H and O–H groups in total. The summed E-state index contributed by atoms with van der Waals surface area (Å²) in [6.45, 7) is 7.61. The molecule has 3 rings (SSSR count). The molecular weight excluding hydrogens is 358 g/mol. The number of benzene rings is 1. The summed E-state index contributed by atoms with van der Waals surface area (Å²) in [6, 6.07) is 9.68. The van der Waals surface area contributed by atoms with Gasteiger partial charge >= 0.3 is 5.97 Å². The van der Waals surface area contributed by atoms with Crippen LogP contribution in [0.4, 0.5) is 5.82 Å². The normalized spacial score (nSPS) is 17.3. The second kappa shape index (κ2) is 8.74. The zero-order valence-corrected chi connectivity index (χ0v) is 17.0. The van der Waals surface area contributed by atoms with E-state index in [1.54, 1.807) is 30.0 Å². The van der Waals surface area contributed by atoms with Crippen molar-refractivity contribution in [1.82, 2.24) is 9.97 Å². The Kier molecular flexibility index (Phi) is 6.37. The van der Waals surface area contributed by atoms with Gasteiger partial charge in [0.1, 0.15) is 5.82 Å². The van der Waals surface area contributed by atoms with Gasteiger partial charge in [0.25, 0.3) is 0 Å². The van der Waals surface area contributed by atoms with E-state index in [4.69, 9.17) is 15.1 Å². The van der Waals surface area contributed by atoms with Crippen LogP contribution in [0.2, 0.25) is 0 Å². The first-order valence-electron chi connectivity index (χ1n) is 9.54. The van der Waals surface area contributed by atoms with Gasteiger partial charge in [0, 0.05) is 30.1 Å². The van der Waals surface area contributed by atoms with E-state index < -0.39 is 5.97 Å². The van der Waals surface area contributed by atoms with Crippen LogP contribution in [0, 0.1) is 0 Å². The van der Waals surface area contributed by atoms with Crippen LogP contribution in [0.3, 0.4) is 0 Å². The molecule has 5 nitrogen and oxygen atoms in total. The average Bonchev–Trinajstić information content (AvgIpc) is 2.66. The van der Waals surface area contributed by atoms with Crippen LogP contribution >= 0.6 is 11.8 Å². The van der Waals surface area contributed by atoms with Gasteiger partial charge in [-0.05, 0) is 49.8 Å². The van der Waals surface area contributed by atoms with Crippen LogP contribution in [-0.2, 0) is 5.75 Å². The number of hydrogen-bond acceptors (Lipinski definition) is 5. The number of nitrogens with zero attached hydrogens (tertiary/aromatic N) is 3. The highest BCUT2D eigenvalue weighted by atomic mass is 32.2. The molecule has 0 amide bonds. The number of rotatable bonds is 6. The van der Waals surface area contributed by atoms with E-state index in [9.17, 15) is 4.79 Å². The van der Waals surface area contributed by atoms with Crippen molar-refractivity contribution >= 4 is 23.5 Å². The number of piperidine rings is 1. The summed E-state index contributed by atoms with van der Waals surface area (Å²) in [5, 5.41) is 9.92. The number of carboxylic acid groups (broad SMARTS) is 1. The van der Waals surface area contributed by atoms with Gasteiger partial charge in [0.15, 0.2) is 5.16 Å². The molecular formula is C21H27N3O2S. The maximum absolute atomic E-state index is 11.2. The van der Waals surface area contributed by atoms with Crippen LogP contribution in [0.1, 0.15) is 67.6 Å². The van der Waals surface area contributed by atoms with Gasteiger partial charge in [-0.25, -0.2) is 14.8 Å². The van der Waals surface area contributed by atoms with Gasteiger partial charge in [-0.3, -0.25) is 0 Å². The number of aromatic carboxylic acids is 1. The van der Waals surface area contributed by atoms with Gasteiger partial charge < -0.3 is 10.0 Å². The Labute approximate surface area is 165 Å². The molecule has 1 atom stereocenters. The fourth-order valence-electron chi connectivity index (χ4n) is 3.32. The number of carbonyl (C=O) groups is 1. The maximum Gasteiger partial charge on any atom is 0.335 e. The Morgan fingerprint density at radius 2 is 2.11 bits per heavy atom. The standard InChI is InChI=1S/C21H27N3O2S/c1-14(2)18-12-19(24-10-5-4-7-15(24)3)23-21(22-18)27-13-16-8-6-9-17(11-16)20(25)26/h6,8-9,11-12,14-15H,4-5,7,10,13H2,1-3H3,(H,25,26)/t15-/m1/s1. The van der Waals surface area contributed by atoms with Gasteiger partial charge in [-0.1, -0.05) is 37.7 Å². The van der Waals surface area contributed by atoms with Gasteiger partial charge in [-0.15, -0.1) is 0 Å². The summed E-state index contributed by atoms with van der Waals surface area (Å²) < 4.78 is 0. The molecule has 1 aromatic heterocycles. The minimum absolute atomic E-state index is 0.313. The van der Waals surface area contributed by atoms with E-state index in [0.717, 1.165) is 28.8 Å². The van der Waals surface area contributed by atoms with Gasteiger partial charge in [0.2, 0.25) is 0 Å². The predicted molar refractivity (Wildman–Crippen MR) is 110 cm³/mol. The Morgan fingerprint density at radius 3 is 2.81 bits per heavy atom. The SMILES string of the molecule is CC(C)c1cc(N2CCCC[C@H]2C)nc(SCc2cccc(C(=O)O)c2)n1. The molecule has 0 unspecified atom stereocenters. The Balaban J connectivity index is 1.82. The summed E-state index contributed by atoms with van der Waals surface area (Å²) in [5.41, 5.74) is 2.33. The highest BCUT2D eigenvalue weighted by Crippen LogP contribution is 2.29. The van der Waals surface area contributed by atoms with E-state index in [0.29, 0.717) is 23.3 Å². The van der Waals surface area contributed by atoms with E-state index in [2.05, 4.69) is 31.7 Å². The second-order valence-corrected chi connectivity index (χ2v) is 8.36. The highest BCUT2D eigenvalue weighted by molar-refractivity contribution is 7.98. The zero-order valence-electron chi connectivity index (χ0n) is 16.2. The van der Waals surface area contributed by atoms with Crippen LogP contribution in [0.25, 0.3) is 0 Å². The molecule has 1 fully saturated rings. The van der Waals surface area contributed by atoms with Crippen molar-refractivity contribution in [3.63, 3.8) is 0 Å². The molecule has 6 heteroatoms. The molecule has 1 aromatic carbocycles. The monoisotopic (exact) mass is 385 g/mol. The molecule has 1 aliphatic rings. The van der Waals surface area contributed by atoms with Gasteiger partial charge in [0.05, 0.1) is 5.56 Å². The highest BCUT2D eigenvalue weighted by Gasteiger charge is 2.21. The Morgan fingerprint density at radius 1 is 1.30 bits per heavy atom. The molecule has 27 heavy (non-hydrogen) atoms. The molecule has 1 saturated heterocycles. The van der Waals surface area contributed by atoms with Crippen molar-refractivity contribution in [3.8, 4) is 0 Å². The lowest BCUT2D eigenvalue weighted by molar-refractivity contribution is 0.0697. The lowest BCUT2D eigenvalue weighted by Crippen LogP contribution is -2.38. The van der Waals surface area contributed by atoms with Crippen LogP contribution < -0.4 is 4.90 Å². The summed E-state index contributed by atoms with van der Waals surface area (Å²) in [7, 11) is 0. The zero-order chi connectivity index (χ0) is 19.4. The van der Waals surface area contributed by atoms with E-state index in [1.807, 2.05) is 6.07 Å². The third-order valence-corrected chi connectivity index (χ3v) is 5.86. The second-order valence-electron chi connectivity index (χ2n) is 7.42. The third kappa shape index (κ3) is 5.01. The molecule has 0 saturated carbocycles. The molecule has 2 aromatic rings.